The van der Waals surface area contributed by atoms with E-state index in [4.69, 9.17) is 9.47 Å². The van der Waals surface area contributed by atoms with E-state index in [9.17, 15) is 18.4 Å². The van der Waals surface area contributed by atoms with E-state index in [1.54, 1.807) is 18.2 Å². The molecule has 0 radical (unpaired) electrons. The molecule has 2 heterocycles. The normalized spacial score (nSPS) is 18.4. The van der Waals surface area contributed by atoms with Crippen molar-refractivity contribution in [1.29, 1.82) is 0 Å². The minimum absolute atomic E-state index is 0.0600. The Kier molecular flexibility index (Phi) is 7.64. The van der Waals surface area contributed by atoms with Crippen molar-refractivity contribution in [3.8, 4) is 11.5 Å². The van der Waals surface area contributed by atoms with Crippen LogP contribution in [0.4, 0.5) is 8.78 Å². The van der Waals surface area contributed by atoms with Crippen LogP contribution in [0.5, 0.6) is 11.5 Å². The Morgan fingerprint density at radius 3 is 2.50 bits per heavy atom. The van der Waals surface area contributed by atoms with Crippen LogP contribution in [-0.4, -0.2) is 61.4 Å². The molecule has 1 aromatic rings. The van der Waals surface area contributed by atoms with Gasteiger partial charge < -0.3 is 14.8 Å². The second kappa shape index (κ2) is 10.2. The molecule has 0 spiro atoms. The summed E-state index contributed by atoms with van der Waals surface area (Å²) in [4.78, 5) is 27.0. The third-order valence-corrected chi connectivity index (χ3v) is 5.34. The van der Waals surface area contributed by atoms with Gasteiger partial charge in [0.15, 0.2) is 17.3 Å². The molecule has 30 heavy (non-hydrogen) atoms. The number of halogens is 2. The zero-order valence-electron chi connectivity index (χ0n) is 17.4. The van der Waals surface area contributed by atoms with Gasteiger partial charge in [-0.2, -0.15) is 0 Å². The van der Waals surface area contributed by atoms with Gasteiger partial charge in [0.05, 0.1) is 13.1 Å². The van der Waals surface area contributed by atoms with Crippen molar-refractivity contribution in [1.82, 2.24) is 10.2 Å². The maximum Gasteiger partial charge on any atom is 0.272 e. The first-order valence-corrected chi connectivity index (χ1v) is 10.7. The first kappa shape index (κ1) is 22.5. The molecule has 0 saturated carbocycles. The molecule has 166 valence electrons. The summed E-state index contributed by atoms with van der Waals surface area (Å²) in [6, 6.07) is 3.98. The van der Waals surface area contributed by atoms with Crippen LogP contribution < -0.4 is 14.8 Å². The van der Waals surface area contributed by atoms with Gasteiger partial charge in [0.1, 0.15) is 19.3 Å². The van der Waals surface area contributed by atoms with Crippen molar-refractivity contribution in [2.75, 3.05) is 32.8 Å². The number of hydrogen-bond acceptors (Lipinski definition) is 5. The molecule has 2 aliphatic heterocycles. The molecule has 1 saturated heterocycles. The summed E-state index contributed by atoms with van der Waals surface area (Å²) in [5.41, 5.74) is 0.361. The monoisotopic (exact) mass is 424 g/mol. The number of nitrogens with one attached hydrogen (secondary N) is 1. The molecule has 2 aliphatic rings. The molecule has 0 bridgehead atoms. The summed E-state index contributed by atoms with van der Waals surface area (Å²) >= 11 is 0. The molecule has 0 aromatic heterocycles. The van der Waals surface area contributed by atoms with Crippen molar-refractivity contribution in [3.63, 3.8) is 0 Å². The Morgan fingerprint density at radius 2 is 1.80 bits per heavy atom. The molecule has 1 atom stereocenters. The lowest BCUT2D eigenvalue weighted by atomic mass is 10.0. The quantitative estimate of drug-likeness (QED) is 0.435. The summed E-state index contributed by atoms with van der Waals surface area (Å²) in [7, 11) is 0. The van der Waals surface area contributed by atoms with Crippen LogP contribution in [-0.2, 0) is 4.79 Å². The number of Topliss-reactive ketones (excluding diaryl/α,β-unsaturated/α-hetero) is 1. The molecule has 1 N–H and O–H groups in total. The van der Waals surface area contributed by atoms with Crippen molar-refractivity contribution in [3.05, 3.63) is 23.8 Å². The summed E-state index contributed by atoms with van der Waals surface area (Å²) < 4.78 is 37.5. The SMILES string of the molecule is CCCCCCCC(=O)N[C@H](CN1CC(F)(F)C1)C(=O)c1ccc2c(c1)OCCO2. The summed E-state index contributed by atoms with van der Waals surface area (Å²) in [6.07, 6.45) is 5.37. The third-order valence-electron chi connectivity index (χ3n) is 5.34. The Balaban J connectivity index is 1.63. The van der Waals surface area contributed by atoms with Gasteiger partial charge in [-0.05, 0) is 24.6 Å². The maximum atomic E-state index is 13.2. The molecule has 0 aliphatic carbocycles. The Labute approximate surface area is 175 Å². The number of benzene rings is 1. The van der Waals surface area contributed by atoms with Crippen molar-refractivity contribution >= 4 is 11.7 Å². The Hall–Kier alpha value is -2.22. The fourth-order valence-electron chi connectivity index (χ4n) is 3.74. The number of alkyl halides is 2. The highest BCUT2D eigenvalue weighted by Crippen LogP contribution is 2.31. The van der Waals surface area contributed by atoms with Gasteiger partial charge in [0.2, 0.25) is 5.91 Å². The number of likely N-dealkylation sites (tertiary alicyclic amines) is 1. The van der Waals surface area contributed by atoms with Gasteiger partial charge in [-0.15, -0.1) is 0 Å². The Bertz CT molecular complexity index is 749. The molecular formula is C22H30F2N2O4. The lowest BCUT2D eigenvalue weighted by molar-refractivity contribution is -0.133. The predicted molar refractivity (Wildman–Crippen MR) is 108 cm³/mol. The zero-order valence-corrected chi connectivity index (χ0v) is 17.4. The van der Waals surface area contributed by atoms with E-state index in [0.29, 0.717) is 36.7 Å². The highest BCUT2D eigenvalue weighted by atomic mass is 19.3. The second-order valence-corrected chi connectivity index (χ2v) is 8.03. The molecular weight excluding hydrogens is 394 g/mol. The summed E-state index contributed by atoms with van der Waals surface area (Å²) in [5, 5.41) is 2.77. The van der Waals surface area contributed by atoms with Crippen LogP contribution in [0.3, 0.4) is 0 Å². The number of nitrogens with zero attached hydrogens (tertiary/aromatic N) is 1. The minimum atomic E-state index is -2.73. The van der Waals surface area contributed by atoms with Crippen LogP contribution in [0.1, 0.15) is 55.8 Å². The Morgan fingerprint density at radius 1 is 1.10 bits per heavy atom. The number of rotatable bonds is 11. The summed E-state index contributed by atoms with van der Waals surface area (Å²) in [6.45, 7) is 2.23. The van der Waals surface area contributed by atoms with Crippen LogP contribution in [0.25, 0.3) is 0 Å². The highest BCUT2D eigenvalue weighted by molar-refractivity contribution is 6.02. The van der Waals surface area contributed by atoms with Crippen LogP contribution >= 0.6 is 0 Å². The van der Waals surface area contributed by atoms with Crippen molar-refractivity contribution in [2.45, 2.75) is 57.4 Å². The molecule has 1 amide bonds. The number of amides is 1. The molecule has 1 aromatic carbocycles. The number of carbonyl (C=O) groups excluding carboxylic acids is 2. The van der Waals surface area contributed by atoms with Crippen molar-refractivity contribution < 1.29 is 27.8 Å². The molecule has 1 fully saturated rings. The average Bonchev–Trinajstić information content (AvgIpc) is 2.71. The number of hydrogen-bond donors (Lipinski definition) is 1. The number of fused-ring (bicyclic) bond motifs is 1. The van der Waals surface area contributed by atoms with Crippen LogP contribution in [0.2, 0.25) is 0 Å². The van der Waals surface area contributed by atoms with Gasteiger partial charge in [0.25, 0.3) is 5.92 Å². The van der Waals surface area contributed by atoms with Gasteiger partial charge in [-0.1, -0.05) is 32.6 Å². The van der Waals surface area contributed by atoms with E-state index in [-0.39, 0.29) is 18.2 Å². The largest absolute Gasteiger partial charge is 0.486 e. The molecule has 8 heteroatoms. The van der Waals surface area contributed by atoms with E-state index in [0.717, 1.165) is 32.1 Å². The molecule has 3 rings (SSSR count). The van der Waals surface area contributed by atoms with E-state index >= 15 is 0 Å². The van der Waals surface area contributed by atoms with Crippen molar-refractivity contribution in [2.24, 2.45) is 0 Å². The summed E-state index contributed by atoms with van der Waals surface area (Å²) in [5.74, 6) is -2.24. The average molecular weight is 424 g/mol. The molecule has 0 unspecified atom stereocenters. The first-order valence-electron chi connectivity index (χ1n) is 10.7. The zero-order chi connectivity index (χ0) is 21.6. The van der Waals surface area contributed by atoms with Gasteiger partial charge in [-0.25, -0.2) is 8.78 Å². The number of ketones is 1. The van der Waals surface area contributed by atoms with Gasteiger partial charge in [0, 0.05) is 18.5 Å². The number of unbranched alkanes of at least 4 members (excludes halogenated alkanes) is 4. The predicted octanol–water partition coefficient (Wildman–Crippen LogP) is 3.44. The number of ether oxygens (including phenoxy) is 2. The smallest absolute Gasteiger partial charge is 0.272 e. The minimum Gasteiger partial charge on any atom is -0.486 e. The van der Waals surface area contributed by atoms with E-state index in [1.165, 1.54) is 4.90 Å². The lowest BCUT2D eigenvalue weighted by Crippen LogP contribution is -2.60. The standard InChI is InChI=1S/C22H30F2N2O4/c1-2-3-4-5-6-7-20(27)25-17(13-26-14-22(23,24)15-26)21(28)16-8-9-18-19(12-16)30-11-10-29-18/h8-9,12,17H,2-7,10-11,13-15H2,1H3,(H,25,27)/t17-/m1/s1. The molecule has 6 nitrogen and oxygen atoms in total. The lowest BCUT2D eigenvalue weighted by Gasteiger charge is -2.40. The third kappa shape index (κ3) is 6.14. The van der Waals surface area contributed by atoms with E-state index in [1.807, 2.05) is 0 Å². The highest BCUT2D eigenvalue weighted by Gasteiger charge is 2.45. The van der Waals surface area contributed by atoms with E-state index in [2.05, 4.69) is 12.2 Å². The van der Waals surface area contributed by atoms with E-state index < -0.39 is 25.1 Å². The van der Waals surface area contributed by atoms with Gasteiger partial charge in [-0.3, -0.25) is 14.5 Å². The second-order valence-electron chi connectivity index (χ2n) is 8.03. The first-order chi connectivity index (χ1) is 14.4. The fraction of sp³-hybridized carbons (Fsp3) is 0.636. The maximum absolute atomic E-state index is 13.2. The van der Waals surface area contributed by atoms with Crippen LogP contribution in [0.15, 0.2) is 18.2 Å². The topological polar surface area (TPSA) is 67.9 Å². The number of carbonyl (C=O) groups is 2. The van der Waals surface area contributed by atoms with Crippen LogP contribution in [0, 0.1) is 0 Å². The van der Waals surface area contributed by atoms with Gasteiger partial charge >= 0.3 is 0 Å². The fourth-order valence-corrected chi connectivity index (χ4v) is 3.74.